The van der Waals surface area contributed by atoms with Gasteiger partial charge in [0.05, 0.1) is 21.7 Å². The van der Waals surface area contributed by atoms with Gasteiger partial charge in [0.2, 0.25) is 5.91 Å². The van der Waals surface area contributed by atoms with E-state index in [0.29, 0.717) is 11.1 Å². The van der Waals surface area contributed by atoms with E-state index in [2.05, 4.69) is 10.9 Å². The normalized spacial score (nSPS) is 12.7. The topological polar surface area (TPSA) is 95.6 Å². The summed E-state index contributed by atoms with van der Waals surface area (Å²) in [6.07, 6.45) is 0.313. The maximum atomic E-state index is 12.4. The minimum absolute atomic E-state index is 0.0369. The number of carbonyl (C=O) groups is 4. The van der Waals surface area contributed by atoms with Crippen LogP contribution in [-0.2, 0) is 4.79 Å². The van der Waals surface area contributed by atoms with Crippen LogP contribution in [0.25, 0.3) is 0 Å². The molecule has 3 rings (SSSR count). The molecule has 0 aromatic heterocycles. The van der Waals surface area contributed by atoms with Gasteiger partial charge in [-0.15, -0.1) is 0 Å². The molecule has 2 aromatic rings. The van der Waals surface area contributed by atoms with Crippen LogP contribution in [-0.4, -0.2) is 35.1 Å². The lowest BCUT2D eigenvalue weighted by Gasteiger charge is -2.13. The lowest BCUT2D eigenvalue weighted by molar-refractivity contribution is -0.122. The van der Waals surface area contributed by atoms with Crippen molar-refractivity contribution in [3.63, 3.8) is 0 Å². The molecule has 0 radical (unpaired) electrons. The van der Waals surface area contributed by atoms with Gasteiger partial charge in [0.1, 0.15) is 0 Å². The van der Waals surface area contributed by atoms with Gasteiger partial charge in [0.15, 0.2) is 0 Å². The fraction of sp³-hybridized carbons (Fsp3) is 0.200. The molecule has 0 spiro atoms. The number of rotatable bonds is 5. The molecule has 2 N–H and O–H groups in total. The third-order valence-electron chi connectivity index (χ3n) is 4.35. The third-order valence-corrected chi connectivity index (χ3v) is 4.68. The third kappa shape index (κ3) is 4.04. The molecule has 0 saturated carbocycles. The minimum atomic E-state index is -0.533. The average Bonchev–Trinajstić information content (AvgIpc) is 2.90. The summed E-state index contributed by atoms with van der Waals surface area (Å²) in [5.74, 6) is -1.67. The molecule has 28 heavy (non-hydrogen) atoms. The monoisotopic (exact) mass is 399 g/mol. The molecule has 1 aliphatic heterocycles. The Bertz CT molecular complexity index is 974. The number of nitrogens with zero attached hydrogens (tertiary/aromatic N) is 1. The largest absolute Gasteiger partial charge is 0.274 e. The molecule has 0 aliphatic carbocycles. The summed E-state index contributed by atoms with van der Waals surface area (Å²) in [4.78, 5) is 49.7. The van der Waals surface area contributed by atoms with Crippen LogP contribution in [0.15, 0.2) is 42.5 Å². The first-order valence-corrected chi connectivity index (χ1v) is 9.07. The number of benzene rings is 2. The van der Waals surface area contributed by atoms with Crippen molar-refractivity contribution >= 4 is 35.2 Å². The van der Waals surface area contributed by atoms with Crippen LogP contribution < -0.4 is 10.9 Å². The molecule has 2 aromatic carbocycles. The van der Waals surface area contributed by atoms with Crippen LogP contribution in [0.3, 0.4) is 0 Å². The van der Waals surface area contributed by atoms with E-state index in [1.165, 1.54) is 6.07 Å². The van der Waals surface area contributed by atoms with E-state index in [1.807, 2.05) is 6.92 Å². The highest BCUT2D eigenvalue weighted by atomic mass is 35.5. The molecule has 1 heterocycles. The smallest absolute Gasteiger partial charge is 0.271 e. The Morgan fingerprint density at radius 1 is 1.00 bits per heavy atom. The fourth-order valence-corrected chi connectivity index (χ4v) is 3.13. The first-order chi connectivity index (χ1) is 13.4. The van der Waals surface area contributed by atoms with Gasteiger partial charge in [-0.25, -0.2) is 0 Å². The number of hydrogen-bond donors (Lipinski definition) is 2. The summed E-state index contributed by atoms with van der Waals surface area (Å²) in [7, 11) is 0. The summed E-state index contributed by atoms with van der Waals surface area (Å²) < 4.78 is 0. The molecule has 0 unspecified atom stereocenters. The summed E-state index contributed by atoms with van der Waals surface area (Å²) in [6.45, 7) is 1.97. The lowest BCUT2D eigenvalue weighted by atomic mass is 10.1. The minimum Gasteiger partial charge on any atom is -0.274 e. The Hall–Kier alpha value is -3.19. The van der Waals surface area contributed by atoms with Crippen LogP contribution in [0.4, 0.5) is 0 Å². The number of amides is 4. The summed E-state index contributed by atoms with van der Waals surface area (Å²) in [5.41, 5.74) is 6.49. The maximum absolute atomic E-state index is 12.4. The molecular weight excluding hydrogens is 382 g/mol. The van der Waals surface area contributed by atoms with Crippen LogP contribution in [0.1, 0.15) is 49.5 Å². The van der Waals surface area contributed by atoms with Crippen molar-refractivity contribution in [2.45, 2.75) is 19.8 Å². The highest BCUT2D eigenvalue weighted by Gasteiger charge is 2.34. The Kier molecular flexibility index (Phi) is 5.75. The van der Waals surface area contributed by atoms with E-state index in [9.17, 15) is 19.2 Å². The second kappa shape index (κ2) is 8.22. The van der Waals surface area contributed by atoms with Gasteiger partial charge in [-0.1, -0.05) is 35.4 Å². The number of aryl methyl sites for hydroxylation is 1. The predicted molar refractivity (Wildman–Crippen MR) is 103 cm³/mol. The molecule has 4 amide bonds. The Morgan fingerprint density at radius 3 is 2.46 bits per heavy atom. The highest BCUT2D eigenvalue weighted by molar-refractivity contribution is 6.33. The number of halogens is 1. The summed E-state index contributed by atoms with van der Waals surface area (Å²) in [5, 5.41) is 0.273. The van der Waals surface area contributed by atoms with Crippen LogP contribution in [0.5, 0.6) is 0 Å². The van der Waals surface area contributed by atoms with Crippen molar-refractivity contribution in [3.8, 4) is 0 Å². The Balaban J connectivity index is 1.47. The number of carbonyl (C=O) groups excluding carboxylic acids is 4. The summed E-state index contributed by atoms with van der Waals surface area (Å²) >= 11 is 5.92. The van der Waals surface area contributed by atoms with E-state index in [1.54, 1.807) is 36.4 Å². The van der Waals surface area contributed by atoms with Crippen LogP contribution in [0, 0.1) is 6.92 Å². The zero-order valence-electron chi connectivity index (χ0n) is 15.1. The van der Waals surface area contributed by atoms with Crippen molar-refractivity contribution in [1.29, 1.82) is 0 Å². The van der Waals surface area contributed by atoms with Crippen molar-refractivity contribution < 1.29 is 19.2 Å². The van der Waals surface area contributed by atoms with Crippen molar-refractivity contribution in [1.82, 2.24) is 15.8 Å². The van der Waals surface area contributed by atoms with Crippen LogP contribution in [0.2, 0.25) is 5.02 Å². The summed E-state index contributed by atoms with van der Waals surface area (Å²) in [6, 6.07) is 11.6. The van der Waals surface area contributed by atoms with E-state index < -0.39 is 11.8 Å². The molecule has 0 bridgehead atoms. The molecule has 0 fully saturated rings. The van der Waals surface area contributed by atoms with Gasteiger partial charge in [-0.05, 0) is 37.6 Å². The van der Waals surface area contributed by atoms with Gasteiger partial charge in [0.25, 0.3) is 17.7 Å². The van der Waals surface area contributed by atoms with E-state index in [4.69, 9.17) is 11.6 Å². The fourth-order valence-electron chi connectivity index (χ4n) is 2.91. The highest BCUT2D eigenvalue weighted by Crippen LogP contribution is 2.24. The van der Waals surface area contributed by atoms with Gasteiger partial charge in [0, 0.05) is 13.0 Å². The lowest BCUT2D eigenvalue weighted by Crippen LogP contribution is -2.42. The van der Waals surface area contributed by atoms with Crippen molar-refractivity contribution in [3.05, 3.63) is 69.7 Å². The number of hydrazine groups is 1. The van der Waals surface area contributed by atoms with Gasteiger partial charge in [-0.2, -0.15) is 0 Å². The second-order valence-corrected chi connectivity index (χ2v) is 6.80. The average molecular weight is 400 g/mol. The second-order valence-electron chi connectivity index (χ2n) is 6.40. The molecule has 144 valence electrons. The Labute approximate surface area is 166 Å². The molecule has 1 aliphatic rings. The number of nitrogens with one attached hydrogen (secondary N) is 2. The van der Waals surface area contributed by atoms with Gasteiger partial charge < -0.3 is 0 Å². The van der Waals surface area contributed by atoms with Gasteiger partial charge in [-0.3, -0.25) is 34.9 Å². The zero-order chi connectivity index (χ0) is 20.3. The first kappa shape index (κ1) is 19.6. The quantitative estimate of drug-likeness (QED) is 0.596. The predicted octanol–water partition coefficient (Wildman–Crippen LogP) is 2.49. The number of imide groups is 1. The molecular formula is C20H18ClN3O4. The van der Waals surface area contributed by atoms with Crippen molar-refractivity contribution in [2.75, 3.05) is 6.54 Å². The Morgan fingerprint density at radius 2 is 1.71 bits per heavy atom. The molecule has 7 nitrogen and oxygen atoms in total. The molecule has 8 heteroatoms. The first-order valence-electron chi connectivity index (χ1n) is 8.69. The van der Waals surface area contributed by atoms with E-state index >= 15 is 0 Å². The van der Waals surface area contributed by atoms with Gasteiger partial charge >= 0.3 is 0 Å². The molecule has 0 saturated heterocycles. The van der Waals surface area contributed by atoms with Crippen LogP contribution >= 0.6 is 11.6 Å². The SMILES string of the molecule is Cc1ccc2c(c1)C(=O)N(CCCC(=O)NNC(=O)c1ccccc1Cl)C2=O. The standard InChI is InChI=1S/C20H18ClN3O4/c1-12-8-9-13-15(11-12)20(28)24(19(13)27)10-4-7-17(25)22-23-18(26)14-5-2-3-6-16(14)21/h2-3,5-6,8-9,11H,4,7,10H2,1H3,(H,22,25)(H,23,26). The van der Waals surface area contributed by atoms with E-state index in [0.717, 1.165) is 10.5 Å². The number of fused-ring (bicyclic) bond motifs is 1. The van der Waals surface area contributed by atoms with E-state index in [-0.39, 0.29) is 41.8 Å². The molecule has 0 atom stereocenters. The number of hydrogen-bond acceptors (Lipinski definition) is 4. The van der Waals surface area contributed by atoms with Crippen molar-refractivity contribution in [2.24, 2.45) is 0 Å². The zero-order valence-corrected chi connectivity index (χ0v) is 15.9. The maximum Gasteiger partial charge on any atom is 0.271 e.